The maximum Gasteiger partial charge on any atom is 0.254 e. The molecule has 0 spiro atoms. The van der Waals surface area contributed by atoms with E-state index in [2.05, 4.69) is 45.1 Å². The van der Waals surface area contributed by atoms with Gasteiger partial charge in [0.25, 0.3) is 5.56 Å². The van der Waals surface area contributed by atoms with Crippen LogP contribution in [0.1, 0.15) is 41.4 Å². The predicted molar refractivity (Wildman–Crippen MR) is 111 cm³/mol. The number of nitrogens with zero attached hydrogens (tertiary/aromatic N) is 2. The molecule has 3 heterocycles. The first kappa shape index (κ1) is 19.8. The van der Waals surface area contributed by atoms with Gasteiger partial charge >= 0.3 is 0 Å². The van der Waals surface area contributed by atoms with E-state index in [-0.39, 0.29) is 17.9 Å². The number of amides is 1. The molecular formula is C22H29N5O2. The standard InChI is InChI=1S/C22H29N5O2/c1-14-18(22(29)25-15(2)24-14)11-20(28)27-10-6-9-17(13-27)21-19(12-23-26-21)16-7-4-3-5-8-16/h3-5,7-8,17,19,21,23,26H,6,9-13H2,1-2H3,(H,24,25,29). The molecule has 3 unspecified atom stereocenters. The zero-order valence-electron chi connectivity index (χ0n) is 17.1. The van der Waals surface area contributed by atoms with Gasteiger partial charge in [0.15, 0.2) is 0 Å². The summed E-state index contributed by atoms with van der Waals surface area (Å²) in [6.45, 7) is 5.91. The van der Waals surface area contributed by atoms with E-state index in [1.165, 1.54) is 5.56 Å². The van der Waals surface area contributed by atoms with Gasteiger partial charge in [-0.05, 0) is 38.2 Å². The van der Waals surface area contributed by atoms with Gasteiger partial charge in [-0.2, -0.15) is 0 Å². The van der Waals surface area contributed by atoms with Gasteiger partial charge in [-0.25, -0.2) is 4.98 Å². The summed E-state index contributed by atoms with van der Waals surface area (Å²) in [5.74, 6) is 1.36. The second-order valence-electron chi connectivity index (χ2n) is 8.20. The molecule has 7 nitrogen and oxygen atoms in total. The Bertz CT molecular complexity index is 927. The van der Waals surface area contributed by atoms with Crippen molar-refractivity contribution in [3.8, 4) is 0 Å². The van der Waals surface area contributed by atoms with Crippen molar-refractivity contribution in [2.24, 2.45) is 5.92 Å². The van der Waals surface area contributed by atoms with E-state index in [0.717, 1.165) is 32.5 Å². The molecular weight excluding hydrogens is 366 g/mol. The first-order chi connectivity index (χ1) is 14.0. The zero-order valence-corrected chi connectivity index (χ0v) is 17.1. The maximum absolute atomic E-state index is 13.0. The number of aromatic amines is 1. The lowest BCUT2D eigenvalue weighted by Gasteiger charge is -2.37. The Morgan fingerprint density at radius 3 is 2.79 bits per heavy atom. The van der Waals surface area contributed by atoms with Crippen LogP contribution in [-0.4, -0.2) is 46.5 Å². The molecule has 7 heteroatoms. The van der Waals surface area contributed by atoms with Gasteiger partial charge in [-0.3, -0.25) is 20.4 Å². The number of piperidine rings is 1. The lowest BCUT2D eigenvalue weighted by Crippen LogP contribution is -2.48. The van der Waals surface area contributed by atoms with Crippen LogP contribution in [0, 0.1) is 19.8 Å². The summed E-state index contributed by atoms with van der Waals surface area (Å²) in [6.07, 6.45) is 2.19. The van der Waals surface area contributed by atoms with Gasteiger partial charge in [0.1, 0.15) is 5.82 Å². The minimum absolute atomic E-state index is 0.0103. The summed E-state index contributed by atoms with van der Waals surface area (Å²) >= 11 is 0. The van der Waals surface area contributed by atoms with Crippen molar-refractivity contribution in [3.05, 3.63) is 63.3 Å². The summed E-state index contributed by atoms with van der Waals surface area (Å²) in [7, 11) is 0. The molecule has 4 rings (SSSR count). The van der Waals surface area contributed by atoms with Crippen LogP contribution in [0.3, 0.4) is 0 Å². The van der Waals surface area contributed by atoms with Crippen LogP contribution >= 0.6 is 0 Å². The molecule has 2 saturated heterocycles. The largest absolute Gasteiger partial charge is 0.342 e. The second kappa shape index (κ2) is 8.47. The Balaban J connectivity index is 1.46. The zero-order chi connectivity index (χ0) is 20.4. The number of H-pyrrole nitrogens is 1. The molecule has 1 aromatic heterocycles. The number of aromatic nitrogens is 2. The minimum Gasteiger partial charge on any atom is -0.342 e. The van der Waals surface area contributed by atoms with Crippen molar-refractivity contribution in [2.45, 2.75) is 45.1 Å². The summed E-state index contributed by atoms with van der Waals surface area (Å²) in [6, 6.07) is 10.8. The molecule has 1 aromatic carbocycles. The Hall–Kier alpha value is -2.51. The predicted octanol–water partition coefficient (Wildman–Crippen LogP) is 1.43. The second-order valence-corrected chi connectivity index (χ2v) is 8.20. The van der Waals surface area contributed by atoms with Gasteiger partial charge < -0.3 is 9.88 Å². The average molecular weight is 396 g/mol. The third-order valence-electron chi connectivity index (χ3n) is 6.24. The van der Waals surface area contributed by atoms with Gasteiger partial charge in [0, 0.05) is 42.9 Å². The Morgan fingerprint density at radius 1 is 1.24 bits per heavy atom. The lowest BCUT2D eigenvalue weighted by molar-refractivity contribution is -0.132. The SMILES string of the molecule is Cc1nc(C)c(CC(=O)N2CCCC(C3NNCC3c3ccccc3)C2)c(=O)[nH]1. The van der Waals surface area contributed by atoms with Gasteiger partial charge in [-0.15, -0.1) is 0 Å². The molecule has 154 valence electrons. The van der Waals surface area contributed by atoms with E-state index in [9.17, 15) is 9.59 Å². The fourth-order valence-electron chi connectivity index (χ4n) is 4.74. The summed E-state index contributed by atoms with van der Waals surface area (Å²) in [5.41, 5.74) is 9.01. The minimum atomic E-state index is -0.206. The van der Waals surface area contributed by atoms with Crippen LogP contribution in [0.4, 0.5) is 0 Å². The highest BCUT2D eigenvalue weighted by Crippen LogP contribution is 2.31. The van der Waals surface area contributed by atoms with Crippen LogP contribution in [0.2, 0.25) is 0 Å². The van der Waals surface area contributed by atoms with Crippen molar-refractivity contribution in [3.63, 3.8) is 0 Å². The number of hydrogen-bond donors (Lipinski definition) is 3. The number of likely N-dealkylation sites (tertiary alicyclic amines) is 1. The van der Waals surface area contributed by atoms with E-state index in [1.54, 1.807) is 13.8 Å². The van der Waals surface area contributed by atoms with E-state index in [1.807, 2.05) is 11.0 Å². The first-order valence-corrected chi connectivity index (χ1v) is 10.4. The van der Waals surface area contributed by atoms with Crippen molar-refractivity contribution >= 4 is 5.91 Å². The van der Waals surface area contributed by atoms with Crippen molar-refractivity contribution in [1.29, 1.82) is 0 Å². The quantitative estimate of drug-likeness (QED) is 0.729. The number of carbonyl (C=O) groups is 1. The summed E-state index contributed by atoms with van der Waals surface area (Å²) in [5, 5.41) is 0. The molecule has 2 fully saturated rings. The smallest absolute Gasteiger partial charge is 0.254 e. The topological polar surface area (TPSA) is 90.1 Å². The number of hydrogen-bond acceptors (Lipinski definition) is 5. The number of nitrogens with one attached hydrogen (secondary N) is 3. The number of rotatable bonds is 4. The third-order valence-corrected chi connectivity index (χ3v) is 6.24. The fraction of sp³-hybridized carbons (Fsp3) is 0.500. The molecule has 0 aliphatic carbocycles. The van der Waals surface area contributed by atoms with Crippen molar-refractivity contribution in [1.82, 2.24) is 25.7 Å². The van der Waals surface area contributed by atoms with Gasteiger partial charge in [0.05, 0.1) is 6.42 Å². The molecule has 0 radical (unpaired) electrons. The molecule has 1 amide bonds. The molecule has 0 saturated carbocycles. The maximum atomic E-state index is 13.0. The Kier molecular flexibility index (Phi) is 5.78. The van der Waals surface area contributed by atoms with E-state index >= 15 is 0 Å². The number of hydrazine groups is 1. The number of benzene rings is 1. The highest BCUT2D eigenvalue weighted by molar-refractivity contribution is 5.79. The normalized spacial score (nSPS) is 24.6. The molecule has 3 N–H and O–H groups in total. The van der Waals surface area contributed by atoms with E-state index in [4.69, 9.17) is 0 Å². The molecule has 3 atom stereocenters. The number of aryl methyl sites for hydroxylation is 2. The van der Waals surface area contributed by atoms with Crippen LogP contribution in [0.25, 0.3) is 0 Å². The Labute approximate surface area is 170 Å². The summed E-state index contributed by atoms with van der Waals surface area (Å²) < 4.78 is 0. The van der Waals surface area contributed by atoms with Gasteiger partial charge in [0.2, 0.25) is 5.91 Å². The molecule has 0 bridgehead atoms. The number of carbonyl (C=O) groups excluding carboxylic acids is 1. The van der Waals surface area contributed by atoms with Gasteiger partial charge in [-0.1, -0.05) is 30.3 Å². The molecule has 2 aliphatic heterocycles. The third kappa shape index (κ3) is 4.26. The van der Waals surface area contributed by atoms with Crippen LogP contribution in [0.5, 0.6) is 0 Å². The molecule has 2 aromatic rings. The van der Waals surface area contributed by atoms with E-state index in [0.29, 0.717) is 35.0 Å². The van der Waals surface area contributed by atoms with Crippen LogP contribution in [0.15, 0.2) is 35.1 Å². The van der Waals surface area contributed by atoms with Crippen molar-refractivity contribution < 1.29 is 4.79 Å². The van der Waals surface area contributed by atoms with Crippen LogP contribution in [-0.2, 0) is 11.2 Å². The average Bonchev–Trinajstić information content (AvgIpc) is 3.21. The monoisotopic (exact) mass is 395 g/mol. The Morgan fingerprint density at radius 2 is 2.03 bits per heavy atom. The highest BCUT2D eigenvalue weighted by Gasteiger charge is 2.37. The summed E-state index contributed by atoms with van der Waals surface area (Å²) in [4.78, 5) is 34.2. The highest BCUT2D eigenvalue weighted by atomic mass is 16.2. The lowest BCUT2D eigenvalue weighted by atomic mass is 9.81. The fourth-order valence-corrected chi connectivity index (χ4v) is 4.74. The van der Waals surface area contributed by atoms with Crippen molar-refractivity contribution in [2.75, 3.05) is 19.6 Å². The molecule has 29 heavy (non-hydrogen) atoms. The van der Waals surface area contributed by atoms with E-state index < -0.39 is 0 Å². The first-order valence-electron chi connectivity index (χ1n) is 10.4. The molecule has 2 aliphatic rings. The van der Waals surface area contributed by atoms with Crippen LogP contribution < -0.4 is 16.4 Å².